The summed E-state index contributed by atoms with van der Waals surface area (Å²) in [6, 6.07) is 10.8. The molecule has 0 aromatic heterocycles. The van der Waals surface area contributed by atoms with E-state index in [9.17, 15) is 0 Å². The van der Waals surface area contributed by atoms with Crippen LogP contribution in [0, 0.1) is 11.7 Å². The molecule has 128 valence electrons. The summed E-state index contributed by atoms with van der Waals surface area (Å²) in [4.78, 5) is 0. The summed E-state index contributed by atoms with van der Waals surface area (Å²) >= 11 is 0. The van der Waals surface area contributed by atoms with Crippen LogP contribution in [-0.4, -0.2) is 6.15 Å². The second-order valence-electron chi connectivity index (χ2n) is 8.85. The van der Waals surface area contributed by atoms with Gasteiger partial charge in [0.05, 0.1) is 6.15 Å². The summed E-state index contributed by atoms with van der Waals surface area (Å²) in [5, 5.41) is 0. The number of hydrogen-bond acceptors (Lipinski definition) is 0. The molecule has 1 aromatic carbocycles. The van der Waals surface area contributed by atoms with Crippen LogP contribution in [0.1, 0.15) is 82.6 Å². The van der Waals surface area contributed by atoms with Gasteiger partial charge in [-0.25, -0.2) is 0 Å². The van der Waals surface area contributed by atoms with E-state index in [4.69, 9.17) is 0 Å². The van der Waals surface area contributed by atoms with Crippen LogP contribution in [0.4, 0.5) is 0 Å². The molecule has 0 amide bonds. The average molecular weight is 319 g/mol. The molecular formula is C23H32B-. The lowest BCUT2D eigenvalue weighted by Crippen LogP contribution is -2.46. The molecule has 3 saturated carbocycles. The first-order chi connectivity index (χ1) is 11.9. The molecule has 3 fully saturated rings. The lowest BCUT2D eigenvalue weighted by atomic mass is 9.08. The van der Waals surface area contributed by atoms with Gasteiger partial charge in [-0.1, -0.05) is 95.2 Å². The van der Waals surface area contributed by atoms with Crippen molar-refractivity contribution in [3.8, 4) is 11.7 Å². The predicted octanol–water partition coefficient (Wildman–Crippen LogP) is 6.86. The third kappa shape index (κ3) is 3.05. The molecule has 1 aromatic rings. The van der Waals surface area contributed by atoms with E-state index < -0.39 is 6.15 Å². The fourth-order valence-corrected chi connectivity index (χ4v) is 6.76. The molecule has 1 heteroatoms. The van der Waals surface area contributed by atoms with E-state index in [1.54, 1.807) is 0 Å². The summed E-state index contributed by atoms with van der Waals surface area (Å²) in [5.74, 6) is 10.6. The summed E-state index contributed by atoms with van der Waals surface area (Å²) in [6.07, 6.45) is 17.1. The van der Waals surface area contributed by atoms with Crippen LogP contribution in [0.3, 0.4) is 0 Å². The normalized spacial score (nSPS) is 23.5. The Hall–Kier alpha value is -1.16. The van der Waals surface area contributed by atoms with E-state index in [1.165, 1.54) is 82.6 Å². The number of benzene rings is 1. The van der Waals surface area contributed by atoms with Crippen molar-refractivity contribution in [3.63, 3.8) is 0 Å². The topological polar surface area (TPSA) is 0 Å². The Balaban J connectivity index is 1.75. The Kier molecular flexibility index (Phi) is 5.02. The van der Waals surface area contributed by atoms with Crippen LogP contribution in [0.5, 0.6) is 0 Å². The highest BCUT2D eigenvalue weighted by Crippen LogP contribution is 2.58. The largest absolute Gasteiger partial charge is 0.309 e. The summed E-state index contributed by atoms with van der Waals surface area (Å²) in [5.41, 5.74) is 1.23. The first kappa shape index (κ1) is 16.3. The standard InChI is InChI=1S/C23H32B/c1-2-10-20(11-3-1)18-19-24(21-12-4-5-13-21,22-14-6-7-15-22)23-16-8-9-17-23/h1-3,10-11,21-23H,4-9,12-17H2/q-1. The first-order valence-corrected chi connectivity index (χ1v) is 10.6. The van der Waals surface area contributed by atoms with Crippen LogP contribution in [0.25, 0.3) is 0 Å². The maximum atomic E-state index is 4.09. The molecule has 0 bridgehead atoms. The van der Waals surface area contributed by atoms with Gasteiger partial charge in [-0.2, -0.15) is 17.5 Å². The monoisotopic (exact) mass is 319 g/mol. The van der Waals surface area contributed by atoms with E-state index in [0.717, 1.165) is 17.5 Å². The highest BCUT2D eigenvalue weighted by atomic mass is 14.3. The molecule has 0 atom stereocenters. The SMILES string of the molecule is C(#C[B-](C1CCCC1)(C1CCCC1)C1CCCC1)c1ccccc1. The fourth-order valence-electron chi connectivity index (χ4n) is 6.76. The minimum absolute atomic E-state index is 0.510. The van der Waals surface area contributed by atoms with Crippen LogP contribution < -0.4 is 0 Å². The molecular weight excluding hydrogens is 287 g/mol. The Morgan fingerprint density at radius 2 is 1.04 bits per heavy atom. The zero-order valence-electron chi connectivity index (χ0n) is 15.2. The molecule has 0 unspecified atom stereocenters. The lowest BCUT2D eigenvalue weighted by molar-refractivity contribution is 0.690. The minimum Gasteiger partial charge on any atom is -0.309 e. The van der Waals surface area contributed by atoms with Gasteiger partial charge in [-0.05, 0) is 12.1 Å². The minimum atomic E-state index is -0.510. The van der Waals surface area contributed by atoms with E-state index in [1.807, 2.05) is 0 Å². The van der Waals surface area contributed by atoms with Gasteiger partial charge in [0.15, 0.2) is 0 Å². The van der Waals surface area contributed by atoms with Gasteiger partial charge in [0.25, 0.3) is 0 Å². The van der Waals surface area contributed by atoms with Crippen molar-refractivity contribution >= 4 is 6.15 Å². The summed E-state index contributed by atoms with van der Waals surface area (Å²) in [7, 11) is 0. The van der Waals surface area contributed by atoms with E-state index in [2.05, 4.69) is 42.1 Å². The third-order valence-corrected chi connectivity index (χ3v) is 7.78. The van der Waals surface area contributed by atoms with E-state index >= 15 is 0 Å². The molecule has 0 heterocycles. The van der Waals surface area contributed by atoms with Crippen molar-refractivity contribution in [3.05, 3.63) is 35.9 Å². The Morgan fingerprint density at radius 3 is 1.46 bits per heavy atom. The van der Waals surface area contributed by atoms with Crippen LogP contribution in [0.15, 0.2) is 30.3 Å². The van der Waals surface area contributed by atoms with Crippen LogP contribution in [-0.2, 0) is 0 Å². The summed E-state index contributed by atoms with van der Waals surface area (Å²) in [6.45, 7) is 0. The van der Waals surface area contributed by atoms with Gasteiger partial charge in [0.1, 0.15) is 0 Å². The smallest absolute Gasteiger partial charge is 0.0801 e. The van der Waals surface area contributed by atoms with E-state index in [-0.39, 0.29) is 0 Å². The van der Waals surface area contributed by atoms with Crippen molar-refractivity contribution in [1.82, 2.24) is 0 Å². The first-order valence-electron chi connectivity index (χ1n) is 10.6. The Bertz CT molecular complexity index is 535. The molecule has 0 aliphatic heterocycles. The maximum absolute atomic E-state index is 4.09. The van der Waals surface area contributed by atoms with Crippen molar-refractivity contribution in [2.45, 2.75) is 94.5 Å². The van der Waals surface area contributed by atoms with Gasteiger partial charge >= 0.3 is 0 Å². The molecule has 3 aliphatic carbocycles. The summed E-state index contributed by atoms with van der Waals surface area (Å²) < 4.78 is 0. The lowest BCUT2D eigenvalue weighted by Gasteiger charge is -2.51. The highest BCUT2D eigenvalue weighted by molar-refractivity contribution is 6.91. The van der Waals surface area contributed by atoms with Gasteiger partial charge in [0, 0.05) is 5.56 Å². The highest BCUT2D eigenvalue weighted by Gasteiger charge is 2.45. The molecule has 0 radical (unpaired) electrons. The van der Waals surface area contributed by atoms with Crippen molar-refractivity contribution in [1.29, 1.82) is 0 Å². The predicted molar refractivity (Wildman–Crippen MR) is 106 cm³/mol. The third-order valence-electron chi connectivity index (χ3n) is 7.78. The average Bonchev–Trinajstić information content (AvgIpc) is 3.40. The van der Waals surface area contributed by atoms with Crippen molar-refractivity contribution in [2.75, 3.05) is 0 Å². The second kappa shape index (κ2) is 7.39. The Labute approximate surface area is 148 Å². The van der Waals surface area contributed by atoms with Gasteiger partial charge in [0.2, 0.25) is 0 Å². The van der Waals surface area contributed by atoms with Crippen LogP contribution in [0.2, 0.25) is 17.5 Å². The number of rotatable bonds is 3. The Morgan fingerprint density at radius 1 is 0.625 bits per heavy atom. The van der Waals surface area contributed by atoms with Crippen LogP contribution >= 0.6 is 0 Å². The van der Waals surface area contributed by atoms with Gasteiger partial charge in [-0.3, -0.25) is 0 Å². The van der Waals surface area contributed by atoms with Gasteiger partial charge < -0.3 is 5.82 Å². The van der Waals surface area contributed by atoms with Gasteiger partial charge in [-0.15, -0.1) is 5.92 Å². The molecule has 0 spiro atoms. The zero-order valence-corrected chi connectivity index (χ0v) is 15.2. The molecule has 0 saturated heterocycles. The maximum Gasteiger partial charge on any atom is 0.0801 e. The molecule has 4 rings (SSSR count). The molecule has 24 heavy (non-hydrogen) atoms. The number of hydrogen-bond donors (Lipinski definition) is 0. The quantitative estimate of drug-likeness (QED) is 0.422. The molecule has 0 N–H and O–H groups in total. The fraction of sp³-hybridized carbons (Fsp3) is 0.652. The second-order valence-corrected chi connectivity index (χ2v) is 8.85. The van der Waals surface area contributed by atoms with E-state index in [0.29, 0.717) is 0 Å². The van der Waals surface area contributed by atoms with Crippen molar-refractivity contribution in [2.24, 2.45) is 0 Å². The molecule has 3 aliphatic rings. The zero-order chi connectivity index (χ0) is 16.2. The molecule has 0 nitrogen and oxygen atoms in total. The van der Waals surface area contributed by atoms with Crippen molar-refractivity contribution < 1.29 is 0 Å².